The number of para-hydroxylation sites is 1. The third kappa shape index (κ3) is 3.58. The van der Waals surface area contributed by atoms with E-state index < -0.39 is 0 Å². The number of nitrogens with two attached hydrogens (primary N) is 1. The van der Waals surface area contributed by atoms with Crippen LogP contribution in [0.25, 0.3) is 5.69 Å². The van der Waals surface area contributed by atoms with Crippen LogP contribution in [0.2, 0.25) is 0 Å². The lowest BCUT2D eigenvalue weighted by atomic mass is 9.86. The van der Waals surface area contributed by atoms with Gasteiger partial charge in [0.05, 0.1) is 23.3 Å². The van der Waals surface area contributed by atoms with E-state index in [2.05, 4.69) is 41.2 Å². The van der Waals surface area contributed by atoms with Crippen molar-refractivity contribution >= 4 is 5.69 Å². The van der Waals surface area contributed by atoms with Crippen LogP contribution in [0, 0.1) is 6.92 Å². The van der Waals surface area contributed by atoms with Crippen LogP contribution in [0.15, 0.2) is 30.5 Å². The summed E-state index contributed by atoms with van der Waals surface area (Å²) in [5, 5.41) is 8.28. The molecule has 0 radical (unpaired) electrons. The van der Waals surface area contributed by atoms with Gasteiger partial charge in [-0.2, -0.15) is 5.10 Å². The molecule has 0 spiro atoms. The van der Waals surface area contributed by atoms with Crippen molar-refractivity contribution in [3.05, 3.63) is 41.7 Å². The Morgan fingerprint density at radius 1 is 1.22 bits per heavy atom. The standard InChI is InChI=1S/C19H28N4/c1-15-8-5-6-11-18(15)23-19(16-9-3-2-4-10-16)17(14-22-23)21-13-7-12-20/h5-6,8,11,14,16,21H,2-4,7,9-10,12-13,20H2,1H3. The third-order valence-electron chi connectivity index (χ3n) is 4.84. The predicted molar refractivity (Wildman–Crippen MR) is 96.3 cm³/mol. The van der Waals surface area contributed by atoms with Crippen LogP contribution in [-0.2, 0) is 0 Å². The molecular formula is C19H28N4. The molecule has 3 N–H and O–H groups in total. The van der Waals surface area contributed by atoms with Crippen LogP contribution < -0.4 is 11.1 Å². The van der Waals surface area contributed by atoms with E-state index in [1.165, 1.54) is 54.7 Å². The molecule has 1 aliphatic carbocycles. The number of nitrogens with one attached hydrogen (secondary N) is 1. The topological polar surface area (TPSA) is 55.9 Å². The van der Waals surface area contributed by atoms with Crippen molar-refractivity contribution in [2.24, 2.45) is 5.73 Å². The summed E-state index contributed by atoms with van der Waals surface area (Å²) in [5.41, 5.74) is 10.6. The second-order valence-corrected chi connectivity index (χ2v) is 6.55. The molecule has 124 valence electrons. The van der Waals surface area contributed by atoms with Crippen LogP contribution in [0.3, 0.4) is 0 Å². The maximum absolute atomic E-state index is 5.63. The fourth-order valence-corrected chi connectivity index (χ4v) is 3.58. The molecule has 4 nitrogen and oxygen atoms in total. The number of hydrogen-bond donors (Lipinski definition) is 2. The lowest BCUT2D eigenvalue weighted by Crippen LogP contribution is -2.15. The Morgan fingerprint density at radius 3 is 2.74 bits per heavy atom. The van der Waals surface area contributed by atoms with Gasteiger partial charge in [0.15, 0.2) is 0 Å². The second kappa shape index (κ2) is 7.64. The van der Waals surface area contributed by atoms with Crippen molar-refractivity contribution in [3.8, 4) is 5.69 Å². The highest BCUT2D eigenvalue weighted by Crippen LogP contribution is 2.37. The highest BCUT2D eigenvalue weighted by Gasteiger charge is 2.24. The molecule has 0 saturated heterocycles. The van der Waals surface area contributed by atoms with Crippen molar-refractivity contribution in [1.82, 2.24) is 9.78 Å². The SMILES string of the molecule is Cc1ccccc1-n1ncc(NCCCN)c1C1CCCCC1. The Kier molecular flexibility index (Phi) is 5.34. The number of benzene rings is 1. The van der Waals surface area contributed by atoms with Crippen LogP contribution >= 0.6 is 0 Å². The minimum atomic E-state index is 0.603. The molecule has 1 fully saturated rings. The Hall–Kier alpha value is -1.81. The second-order valence-electron chi connectivity index (χ2n) is 6.55. The number of aryl methyl sites for hydroxylation is 1. The average Bonchev–Trinajstić information content (AvgIpc) is 3.00. The van der Waals surface area contributed by atoms with E-state index in [1.54, 1.807) is 0 Å². The molecule has 1 aliphatic rings. The maximum Gasteiger partial charge on any atom is 0.0766 e. The average molecular weight is 312 g/mol. The molecule has 0 bridgehead atoms. The molecule has 4 heteroatoms. The number of hydrogen-bond acceptors (Lipinski definition) is 3. The molecule has 0 atom stereocenters. The summed E-state index contributed by atoms with van der Waals surface area (Å²) in [7, 11) is 0. The number of anilines is 1. The molecule has 0 unspecified atom stereocenters. The normalized spacial score (nSPS) is 15.7. The zero-order valence-corrected chi connectivity index (χ0v) is 14.1. The van der Waals surface area contributed by atoms with Crippen LogP contribution in [0.1, 0.15) is 55.7 Å². The summed E-state index contributed by atoms with van der Waals surface area (Å²) >= 11 is 0. The lowest BCUT2D eigenvalue weighted by Gasteiger charge is -2.24. The number of nitrogens with zero attached hydrogens (tertiary/aromatic N) is 2. The largest absolute Gasteiger partial charge is 0.382 e. The van der Waals surface area contributed by atoms with Gasteiger partial charge < -0.3 is 11.1 Å². The van der Waals surface area contributed by atoms with Crippen LogP contribution in [-0.4, -0.2) is 22.9 Å². The van der Waals surface area contributed by atoms with Gasteiger partial charge in [0.25, 0.3) is 0 Å². The molecule has 1 aromatic carbocycles. The highest BCUT2D eigenvalue weighted by atomic mass is 15.3. The van der Waals surface area contributed by atoms with Crippen molar-refractivity contribution in [1.29, 1.82) is 0 Å². The molecule has 2 aromatic rings. The molecule has 0 aliphatic heterocycles. The maximum atomic E-state index is 5.63. The fraction of sp³-hybridized carbons (Fsp3) is 0.526. The van der Waals surface area contributed by atoms with Crippen molar-refractivity contribution in [2.45, 2.75) is 51.4 Å². The highest BCUT2D eigenvalue weighted by molar-refractivity contribution is 5.53. The Balaban J connectivity index is 1.96. The Morgan fingerprint density at radius 2 is 2.00 bits per heavy atom. The minimum absolute atomic E-state index is 0.603. The van der Waals surface area contributed by atoms with Gasteiger partial charge in [0, 0.05) is 12.5 Å². The Labute approximate surface area is 139 Å². The van der Waals surface area contributed by atoms with Gasteiger partial charge in [-0.1, -0.05) is 37.5 Å². The first-order valence-electron chi connectivity index (χ1n) is 8.89. The monoisotopic (exact) mass is 312 g/mol. The predicted octanol–water partition coefficient (Wildman–Crippen LogP) is 3.99. The van der Waals surface area contributed by atoms with E-state index in [0.717, 1.165) is 19.5 Å². The van der Waals surface area contributed by atoms with Crippen molar-refractivity contribution in [2.75, 3.05) is 18.4 Å². The van der Waals surface area contributed by atoms with E-state index in [9.17, 15) is 0 Å². The smallest absolute Gasteiger partial charge is 0.0766 e. The summed E-state index contributed by atoms with van der Waals surface area (Å²) in [4.78, 5) is 0. The zero-order valence-electron chi connectivity index (χ0n) is 14.1. The van der Waals surface area contributed by atoms with Gasteiger partial charge in [-0.25, -0.2) is 4.68 Å². The van der Waals surface area contributed by atoms with Crippen molar-refractivity contribution in [3.63, 3.8) is 0 Å². The minimum Gasteiger partial charge on any atom is -0.382 e. The van der Waals surface area contributed by atoms with Crippen molar-refractivity contribution < 1.29 is 0 Å². The van der Waals surface area contributed by atoms with Crippen LogP contribution in [0.5, 0.6) is 0 Å². The van der Waals surface area contributed by atoms with E-state index in [4.69, 9.17) is 10.8 Å². The first-order chi connectivity index (χ1) is 11.3. The fourth-order valence-electron chi connectivity index (χ4n) is 3.58. The molecule has 23 heavy (non-hydrogen) atoms. The zero-order chi connectivity index (χ0) is 16.1. The van der Waals surface area contributed by atoms with E-state index in [0.29, 0.717) is 5.92 Å². The van der Waals surface area contributed by atoms with Gasteiger partial charge in [-0.15, -0.1) is 0 Å². The molecular weight excluding hydrogens is 284 g/mol. The molecule has 1 aromatic heterocycles. The van der Waals surface area contributed by atoms with Gasteiger partial charge >= 0.3 is 0 Å². The molecule has 0 amide bonds. The van der Waals surface area contributed by atoms with Crippen LogP contribution in [0.4, 0.5) is 5.69 Å². The van der Waals surface area contributed by atoms with E-state index in [1.807, 2.05) is 6.20 Å². The lowest BCUT2D eigenvalue weighted by molar-refractivity contribution is 0.430. The summed E-state index contributed by atoms with van der Waals surface area (Å²) in [6.45, 7) is 3.79. The Bertz CT molecular complexity index is 626. The summed E-state index contributed by atoms with van der Waals surface area (Å²) in [5.74, 6) is 0.603. The van der Waals surface area contributed by atoms with Gasteiger partial charge in [-0.05, 0) is 44.4 Å². The first kappa shape index (κ1) is 16.1. The van der Waals surface area contributed by atoms with Gasteiger partial charge in [0.1, 0.15) is 0 Å². The summed E-state index contributed by atoms with van der Waals surface area (Å²) in [6.07, 6.45) is 9.53. The number of rotatable bonds is 6. The summed E-state index contributed by atoms with van der Waals surface area (Å²) < 4.78 is 2.16. The molecule has 3 rings (SSSR count). The first-order valence-corrected chi connectivity index (χ1v) is 8.89. The third-order valence-corrected chi connectivity index (χ3v) is 4.84. The quantitative estimate of drug-likeness (QED) is 0.793. The molecule has 1 saturated carbocycles. The van der Waals surface area contributed by atoms with E-state index in [-0.39, 0.29) is 0 Å². The number of aromatic nitrogens is 2. The van der Waals surface area contributed by atoms with E-state index >= 15 is 0 Å². The summed E-state index contributed by atoms with van der Waals surface area (Å²) in [6, 6.07) is 8.50. The molecule has 1 heterocycles. The van der Waals surface area contributed by atoms with Gasteiger partial charge in [-0.3, -0.25) is 0 Å². The van der Waals surface area contributed by atoms with Gasteiger partial charge in [0.2, 0.25) is 0 Å².